The van der Waals surface area contributed by atoms with Crippen LogP contribution in [0.4, 0.5) is 4.39 Å². The smallest absolute Gasteiger partial charge is 0.177 e. The van der Waals surface area contributed by atoms with Crippen LogP contribution in [-0.4, -0.2) is 31.0 Å². The van der Waals surface area contributed by atoms with Crippen LogP contribution in [0.25, 0.3) is 0 Å². The second-order valence-corrected chi connectivity index (χ2v) is 5.65. The Balaban J connectivity index is 3.44. The van der Waals surface area contributed by atoms with Crippen molar-refractivity contribution in [3.8, 4) is 11.5 Å². The Morgan fingerprint density at radius 1 is 1.33 bits per heavy atom. The molecule has 102 valence electrons. The van der Waals surface area contributed by atoms with E-state index in [4.69, 9.17) is 20.0 Å². The highest BCUT2D eigenvalue weighted by Crippen LogP contribution is 2.33. The summed E-state index contributed by atoms with van der Waals surface area (Å²) in [6.07, 6.45) is 0.550. The first kappa shape index (κ1) is 14.7. The summed E-state index contributed by atoms with van der Waals surface area (Å²) in [6.45, 7) is 0.415. The number of ether oxygens (including phenoxy) is 2. The fourth-order valence-corrected chi connectivity index (χ4v) is 2.48. The maximum absolute atomic E-state index is 12.7. The number of nitrogens with one attached hydrogen (secondary N) is 1. The van der Waals surface area contributed by atoms with Gasteiger partial charge >= 0.3 is 0 Å². The third-order valence-electron chi connectivity index (χ3n) is 2.49. The van der Waals surface area contributed by atoms with Gasteiger partial charge in [-0.2, -0.15) is 0 Å². The van der Waals surface area contributed by atoms with E-state index in [1.807, 2.05) is 0 Å². The van der Waals surface area contributed by atoms with Crippen LogP contribution in [0.5, 0.6) is 11.5 Å². The van der Waals surface area contributed by atoms with E-state index in [9.17, 15) is 8.60 Å². The quantitative estimate of drug-likeness (QED) is 0.825. The normalized spacial score (nSPS) is 14.0. The summed E-state index contributed by atoms with van der Waals surface area (Å²) in [4.78, 5) is 0.00474. The SMILES string of the molecule is COc1cc(S(=N)(=O)CF)c(OC)cc1CCN. The average molecular weight is 276 g/mol. The lowest BCUT2D eigenvalue weighted by atomic mass is 10.1. The Morgan fingerprint density at radius 3 is 2.39 bits per heavy atom. The highest BCUT2D eigenvalue weighted by Gasteiger charge is 2.19. The van der Waals surface area contributed by atoms with Crippen molar-refractivity contribution >= 4 is 9.73 Å². The zero-order chi connectivity index (χ0) is 13.8. The molecule has 0 saturated heterocycles. The van der Waals surface area contributed by atoms with Crippen molar-refractivity contribution in [2.45, 2.75) is 11.3 Å². The predicted molar refractivity (Wildman–Crippen MR) is 67.4 cm³/mol. The topological polar surface area (TPSA) is 85.4 Å². The molecule has 0 aliphatic carbocycles. The maximum atomic E-state index is 12.7. The predicted octanol–water partition coefficient (Wildman–Crippen LogP) is 1.54. The Labute approximate surface area is 106 Å². The van der Waals surface area contributed by atoms with Gasteiger partial charge in [-0.3, -0.25) is 0 Å². The van der Waals surface area contributed by atoms with Crippen molar-refractivity contribution in [2.24, 2.45) is 5.73 Å². The van der Waals surface area contributed by atoms with Crippen LogP contribution in [0.1, 0.15) is 5.56 Å². The van der Waals surface area contributed by atoms with E-state index < -0.39 is 15.7 Å². The van der Waals surface area contributed by atoms with Gasteiger partial charge in [0.05, 0.1) is 19.1 Å². The molecule has 1 unspecified atom stereocenters. The van der Waals surface area contributed by atoms with Crippen molar-refractivity contribution < 1.29 is 18.1 Å². The Morgan fingerprint density at radius 2 is 1.94 bits per heavy atom. The number of halogens is 1. The molecule has 5 nitrogen and oxygen atoms in total. The molecule has 0 aliphatic heterocycles. The second-order valence-electron chi connectivity index (χ2n) is 3.64. The molecule has 1 atom stereocenters. The van der Waals surface area contributed by atoms with Crippen LogP contribution in [0.2, 0.25) is 0 Å². The molecule has 0 aromatic heterocycles. The fraction of sp³-hybridized carbons (Fsp3) is 0.455. The zero-order valence-electron chi connectivity index (χ0n) is 10.4. The van der Waals surface area contributed by atoms with Gasteiger partial charge < -0.3 is 15.2 Å². The van der Waals surface area contributed by atoms with E-state index in [2.05, 4.69) is 0 Å². The van der Waals surface area contributed by atoms with E-state index in [-0.39, 0.29) is 10.6 Å². The molecule has 0 bridgehead atoms. The molecular weight excluding hydrogens is 259 g/mol. The van der Waals surface area contributed by atoms with E-state index in [0.29, 0.717) is 18.7 Å². The number of hydrogen-bond acceptors (Lipinski definition) is 5. The van der Waals surface area contributed by atoms with Gasteiger partial charge in [-0.25, -0.2) is 13.4 Å². The van der Waals surface area contributed by atoms with Gasteiger partial charge in [0, 0.05) is 6.07 Å². The van der Waals surface area contributed by atoms with Gasteiger partial charge in [0.25, 0.3) is 0 Å². The summed E-state index contributed by atoms with van der Waals surface area (Å²) in [5.74, 6) is 0.654. The number of benzene rings is 1. The molecule has 18 heavy (non-hydrogen) atoms. The highest BCUT2D eigenvalue weighted by molar-refractivity contribution is 7.92. The first-order valence-electron chi connectivity index (χ1n) is 5.27. The number of methoxy groups -OCH3 is 2. The minimum absolute atomic E-state index is 0.00474. The minimum Gasteiger partial charge on any atom is -0.496 e. The van der Waals surface area contributed by atoms with Gasteiger partial charge in [0.1, 0.15) is 21.2 Å². The average Bonchev–Trinajstić information content (AvgIpc) is 2.38. The molecule has 0 spiro atoms. The lowest BCUT2D eigenvalue weighted by Crippen LogP contribution is -2.08. The monoisotopic (exact) mass is 276 g/mol. The molecule has 3 N–H and O–H groups in total. The first-order chi connectivity index (χ1) is 8.50. The number of nitrogens with two attached hydrogens (primary N) is 1. The molecule has 0 radical (unpaired) electrons. The summed E-state index contributed by atoms with van der Waals surface area (Å²) >= 11 is 0. The van der Waals surface area contributed by atoms with Crippen molar-refractivity contribution in [2.75, 3.05) is 26.8 Å². The number of alkyl halides is 1. The maximum Gasteiger partial charge on any atom is 0.177 e. The third-order valence-corrected chi connectivity index (χ3v) is 3.83. The molecule has 0 saturated carbocycles. The zero-order valence-corrected chi connectivity index (χ0v) is 11.2. The Kier molecular flexibility index (Phi) is 4.92. The largest absolute Gasteiger partial charge is 0.496 e. The van der Waals surface area contributed by atoms with Gasteiger partial charge in [-0.05, 0) is 24.6 Å². The molecular formula is C11H17FN2O3S. The number of hydrogen-bond donors (Lipinski definition) is 2. The van der Waals surface area contributed by atoms with Gasteiger partial charge in [0.15, 0.2) is 6.01 Å². The van der Waals surface area contributed by atoms with Crippen LogP contribution in [0.15, 0.2) is 17.0 Å². The van der Waals surface area contributed by atoms with Crippen molar-refractivity contribution in [1.82, 2.24) is 0 Å². The lowest BCUT2D eigenvalue weighted by Gasteiger charge is -2.15. The molecule has 0 heterocycles. The van der Waals surface area contributed by atoms with Crippen molar-refractivity contribution in [3.63, 3.8) is 0 Å². The van der Waals surface area contributed by atoms with Crippen LogP contribution in [0.3, 0.4) is 0 Å². The molecule has 1 rings (SSSR count). The lowest BCUT2D eigenvalue weighted by molar-refractivity contribution is 0.389. The Bertz CT molecular complexity index is 517. The molecule has 0 amide bonds. The van der Waals surface area contributed by atoms with Gasteiger partial charge in [0.2, 0.25) is 0 Å². The molecule has 0 aliphatic rings. The van der Waals surface area contributed by atoms with Gasteiger partial charge in [-0.1, -0.05) is 0 Å². The van der Waals surface area contributed by atoms with Crippen LogP contribution < -0.4 is 15.2 Å². The van der Waals surface area contributed by atoms with Gasteiger partial charge in [-0.15, -0.1) is 0 Å². The summed E-state index contributed by atoms with van der Waals surface area (Å²) in [7, 11) is -0.677. The third kappa shape index (κ3) is 2.91. The van der Waals surface area contributed by atoms with Crippen LogP contribution in [0, 0.1) is 4.78 Å². The molecule has 1 aromatic carbocycles. The summed E-state index contributed by atoms with van der Waals surface area (Å²) in [5, 5.41) is 0. The van der Waals surface area contributed by atoms with E-state index >= 15 is 0 Å². The summed E-state index contributed by atoms with van der Waals surface area (Å²) in [6, 6.07) is 1.71. The fourth-order valence-electron chi connectivity index (χ4n) is 1.60. The van der Waals surface area contributed by atoms with Crippen molar-refractivity contribution in [1.29, 1.82) is 4.78 Å². The summed E-state index contributed by atoms with van der Waals surface area (Å²) < 4.78 is 42.2. The number of rotatable bonds is 6. The van der Waals surface area contributed by atoms with E-state index in [0.717, 1.165) is 5.56 Å². The molecule has 7 heteroatoms. The van der Waals surface area contributed by atoms with E-state index in [1.165, 1.54) is 20.3 Å². The molecule has 0 fully saturated rings. The molecule has 1 aromatic rings. The highest BCUT2D eigenvalue weighted by atomic mass is 32.2. The van der Waals surface area contributed by atoms with Crippen molar-refractivity contribution in [3.05, 3.63) is 17.7 Å². The van der Waals surface area contributed by atoms with Crippen LogP contribution >= 0.6 is 0 Å². The second kappa shape index (κ2) is 6.01. The standard InChI is InChI=1S/C11H17FN2O3S/c1-16-9-6-11(18(14,15)7-12)10(17-2)5-8(9)3-4-13/h5-6,14H,3-4,7,13H2,1-2H3. The van der Waals surface area contributed by atoms with Crippen LogP contribution in [-0.2, 0) is 16.1 Å². The van der Waals surface area contributed by atoms with E-state index in [1.54, 1.807) is 6.07 Å². The Hall–Kier alpha value is -1.34. The minimum atomic E-state index is -3.51. The first-order valence-corrected chi connectivity index (χ1v) is 7.00. The summed E-state index contributed by atoms with van der Waals surface area (Å²) in [5.41, 5.74) is 6.25.